The quantitative estimate of drug-likeness (QED) is 0.876. The van der Waals surface area contributed by atoms with Gasteiger partial charge in [0.05, 0.1) is 22.2 Å². The number of nitrogens with zero attached hydrogens (tertiary/aromatic N) is 3. The molecule has 1 N–H and O–H groups in total. The number of aromatic nitrogens is 2. The van der Waals surface area contributed by atoms with Crippen LogP contribution in [0.4, 0.5) is 17.5 Å². The van der Waals surface area contributed by atoms with E-state index in [1.807, 2.05) is 30.0 Å². The number of rotatable bonds is 5. The zero-order valence-electron chi connectivity index (χ0n) is 13.3. The average molecular weight is 367 g/mol. The lowest BCUT2D eigenvalue weighted by molar-refractivity contribution is 0.599. The number of hydrogen-bond donors (Lipinski definition) is 1. The van der Waals surface area contributed by atoms with Crippen LogP contribution in [0.15, 0.2) is 36.5 Å². The van der Waals surface area contributed by atoms with Gasteiger partial charge in [0, 0.05) is 18.8 Å². The van der Waals surface area contributed by atoms with Crippen LogP contribution in [0.5, 0.6) is 0 Å². The zero-order chi connectivity index (χ0) is 17.2. The SMILES string of the molecule is CCN(c1ccnc(Nc2ccccc2Cl)n1)C1CCS(=O)(=O)C1. The predicted molar refractivity (Wildman–Crippen MR) is 96.8 cm³/mol. The molecule has 2 heterocycles. The highest BCUT2D eigenvalue weighted by atomic mass is 35.5. The number of nitrogens with one attached hydrogen (secondary N) is 1. The molecule has 1 aliphatic rings. The van der Waals surface area contributed by atoms with Crippen LogP contribution in [0.2, 0.25) is 5.02 Å². The number of hydrogen-bond acceptors (Lipinski definition) is 6. The molecule has 3 rings (SSSR count). The van der Waals surface area contributed by atoms with Crippen molar-refractivity contribution < 1.29 is 8.42 Å². The third kappa shape index (κ3) is 3.79. The van der Waals surface area contributed by atoms with Crippen molar-refractivity contribution in [3.8, 4) is 0 Å². The number of halogens is 1. The van der Waals surface area contributed by atoms with Gasteiger partial charge in [-0.25, -0.2) is 13.4 Å². The summed E-state index contributed by atoms with van der Waals surface area (Å²) in [5, 5.41) is 3.68. The Balaban J connectivity index is 1.83. The Morgan fingerprint density at radius 2 is 2.12 bits per heavy atom. The van der Waals surface area contributed by atoms with Crippen LogP contribution < -0.4 is 10.2 Å². The van der Waals surface area contributed by atoms with Gasteiger partial charge in [-0.2, -0.15) is 4.98 Å². The number of para-hydroxylation sites is 1. The molecule has 1 saturated heterocycles. The zero-order valence-corrected chi connectivity index (χ0v) is 14.9. The van der Waals surface area contributed by atoms with Gasteiger partial charge in [0.15, 0.2) is 9.84 Å². The van der Waals surface area contributed by atoms with Gasteiger partial charge in [-0.05, 0) is 31.5 Å². The third-order valence-corrected chi connectivity index (χ3v) is 6.13. The molecular weight excluding hydrogens is 348 g/mol. The average Bonchev–Trinajstić information content (AvgIpc) is 2.91. The molecule has 128 valence electrons. The summed E-state index contributed by atoms with van der Waals surface area (Å²) in [7, 11) is -2.94. The Labute approximate surface area is 146 Å². The minimum atomic E-state index is -2.94. The van der Waals surface area contributed by atoms with Gasteiger partial charge in [-0.1, -0.05) is 23.7 Å². The maximum absolute atomic E-state index is 11.8. The van der Waals surface area contributed by atoms with Crippen molar-refractivity contribution in [2.24, 2.45) is 0 Å². The first-order valence-corrected chi connectivity index (χ1v) is 10.00. The summed E-state index contributed by atoms with van der Waals surface area (Å²) in [4.78, 5) is 10.8. The lowest BCUT2D eigenvalue weighted by Crippen LogP contribution is -2.36. The Kier molecular flexibility index (Phi) is 4.91. The second-order valence-corrected chi connectivity index (χ2v) is 8.32. The summed E-state index contributed by atoms with van der Waals surface area (Å²) in [6.45, 7) is 2.68. The van der Waals surface area contributed by atoms with Gasteiger partial charge >= 0.3 is 0 Å². The molecule has 0 amide bonds. The number of anilines is 3. The topological polar surface area (TPSA) is 75.2 Å². The molecule has 0 radical (unpaired) electrons. The summed E-state index contributed by atoms with van der Waals surface area (Å²) in [5.74, 6) is 1.56. The van der Waals surface area contributed by atoms with Gasteiger partial charge < -0.3 is 10.2 Å². The maximum atomic E-state index is 11.8. The molecule has 0 aliphatic carbocycles. The molecule has 24 heavy (non-hydrogen) atoms. The fraction of sp³-hybridized carbons (Fsp3) is 0.375. The number of benzene rings is 1. The van der Waals surface area contributed by atoms with E-state index in [2.05, 4.69) is 15.3 Å². The van der Waals surface area contributed by atoms with Crippen LogP contribution in [0.1, 0.15) is 13.3 Å². The molecular formula is C16H19ClN4O2S. The van der Waals surface area contributed by atoms with Crippen LogP contribution in [0.25, 0.3) is 0 Å². The molecule has 1 aliphatic heterocycles. The van der Waals surface area contributed by atoms with Crippen molar-refractivity contribution in [2.75, 3.05) is 28.3 Å². The molecule has 8 heteroatoms. The molecule has 0 spiro atoms. The smallest absolute Gasteiger partial charge is 0.229 e. The maximum Gasteiger partial charge on any atom is 0.229 e. The summed E-state index contributed by atoms with van der Waals surface area (Å²) in [6.07, 6.45) is 2.29. The van der Waals surface area contributed by atoms with E-state index in [1.54, 1.807) is 18.3 Å². The minimum absolute atomic E-state index is 0.0388. The van der Waals surface area contributed by atoms with Crippen molar-refractivity contribution in [3.05, 3.63) is 41.6 Å². The Bertz CT molecular complexity index is 828. The van der Waals surface area contributed by atoms with Crippen LogP contribution >= 0.6 is 11.6 Å². The summed E-state index contributed by atoms with van der Waals surface area (Å²) >= 11 is 6.14. The van der Waals surface area contributed by atoms with E-state index in [-0.39, 0.29) is 17.5 Å². The predicted octanol–water partition coefficient (Wildman–Crippen LogP) is 2.89. The van der Waals surface area contributed by atoms with Crippen LogP contribution in [0, 0.1) is 0 Å². The first-order valence-electron chi connectivity index (χ1n) is 7.80. The van der Waals surface area contributed by atoms with Gasteiger partial charge in [0.25, 0.3) is 0 Å². The summed E-state index contributed by atoms with van der Waals surface area (Å²) < 4.78 is 23.5. The van der Waals surface area contributed by atoms with E-state index in [4.69, 9.17) is 11.6 Å². The normalized spacial score (nSPS) is 19.2. The lowest BCUT2D eigenvalue weighted by atomic mass is 10.2. The van der Waals surface area contributed by atoms with Crippen LogP contribution in [-0.4, -0.2) is 42.5 Å². The van der Waals surface area contributed by atoms with Crippen molar-refractivity contribution in [3.63, 3.8) is 0 Å². The lowest BCUT2D eigenvalue weighted by Gasteiger charge is -2.28. The molecule has 1 unspecified atom stereocenters. The fourth-order valence-corrected chi connectivity index (χ4v) is 4.79. The second-order valence-electron chi connectivity index (χ2n) is 5.69. The minimum Gasteiger partial charge on any atom is -0.353 e. The first-order chi connectivity index (χ1) is 11.5. The van der Waals surface area contributed by atoms with Crippen LogP contribution in [-0.2, 0) is 9.84 Å². The Morgan fingerprint density at radius 1 is 1.33 bits per heavy atom. The van der Waals surface area contributed by atoms with E-state index in [9.17, 15) is 8.42 Å². The van der Waals surface area contributed by atoms with Crippen LogP contribution in [0.3, 0.4) is 0 Å². The molecule has 1 atom stereocenters. The van der Waals surface area contributed by atoms with Gasteiger partial charge in [-0.3, -0.25) is 0 Å². The molecule has 0 saturated carbocycles. The second kappa shape index (κ2) is 6.94. The highest BCUT2D eigenvalue weighted by molar-refractivity contribution is 7.91. The molecule has 1 fully saturated rings. The monoisotopic (exact) mass is 366 g/mol. The highest BCUT2D eigenvalue weighted by Crippen LogP contribution is 2.26. The van der Waals surface area contributed by atoms with Crippen molar-refractivity contribution in [2.45, 2.75) is 19.4 Å². The van der Waals surface area contributed by atoms with Crippen molar-refractivity contribution >= 4 is 38.9 Å². The molecule has 1 aromatic carbocycles. The third-order valence-electron chi connectivity index (χ3n) is 4.05. The molecule has 1 aromatic heterocycles. The van der Waals surface area contributed by atoms with E-state index in [0.717, 1.165) is 5.69 Å². The van der Waals surface area contributed by atoms with E-state index < -0.39 is 9.84 Å². The molecule has 0 bridgehead atoms. The highest BCUT2D eigenvalue weighted by Gasteiger charge is 2.32. The molecule has 2 aromatic rings. The molecule has 6 nitrogen and oxygen atoms in total. The summed E-state index contributed by atoms with van der Waals surface area (Å²) in [5.41, 5.74) is 0.725. The largest absolute Gasteiger partial charge is 0.353 e. The van der Waals surface area contributed by atoms with Crippen molar-refractivity contribution in [1.29, 1.82) is 0 Å². The van der Waals surface area contributed by atoms with Gasteiger partial charge in [-0.15, -0.1) is 0 Å². The van der Waals surface area contributed by atoms with Crippen molar-refractivity contribution in [1.82, 2.24) is 9.97 Å². The summed E-state index contributed by atoms with van der Waals surface area (Å²) in [6, 6.07) is 9.12. The van der Waals surface area contributed by atoms with E-state index >= 15 is 0 Å². The Hall–Kier alpha value is -1.86. The van der Waals surface area contributed by atoms with Gasteiger partial charge in [0.2, 0.25) is 5.95 Å². The van der Waals surface area contributed by atoms with Gasteiger partial charge in [0.1, 0.15) is 5.82 Å². The Morgan fingerprint density at radius 3 is 2.79 bits per heavy atom. The standard InChI is InChI=1S/C16H19ClN4O2S/c1-2-21(12-8-10-24(22,23)11-12)15-7-9-18-16(20-15)19-14-6-4-3-5-13(14)17/h3-7,9,12H,2,8,10-11H2,1H3,(H,18,19,20). The van der Waals surface area contributed by atoms with E-state index in [1.165, 1.54) is 0 Å². The first kappa shape index (κ1) is 17.0. The number of sulfone groups is 1. The fourth-order valence-electron chi connectivity index (χ4n) is 2.88. The van der Waals surface area contributed by atoms with E-state index in [0.29, 0.717) is 29.8 Å².